The summed E-state index contributed by atoms with van der Waals surface area (Å²) in [5, 5.41) is 16.4. The first-order chi connectivity index (χ1) is 18.0. The van der Waals surface area contributed by atoms with E-state index in [1.807, 2.05) is 38.1 Å². The fourth-order valence-corrected chi connectivity index (χ4v) is 4.71. The number of benzene rings is 2. The molecule has 4 rings (SSSR count). The molecule has 204 valence electrons. The number of fused-ring (bicyclic) bond motifs is 1. The van der Waals surface area contributed by atoms with Gasteiger partial charge in [-0.1, -0.05) is 59.6 Å². The van der Waals surface area contributed by atoms with Gasteiger partial charge in [0.05, 0.1) is 5.52 Å². The summed E-state index contributed by atoms with van der Waals surface area (Å²) in [4.78, 5) is 9.26. The maximum absolute atomic E-state index is 11.1. The number of aromatic nitrogens is 1. The van der Waals surface area contributed by atoms with E-state index in [2.05, 4.69) is 59.9 Å². The molecule has 0 saturated carbocycles. The van der Waals surface area contributed by atoms with Crippen LogP contribution in [0.1, 0.15) is 78.4 Å². The van der Waals surface area contributed by atoms with Crippen LogP contribution in [0.4, 0.5) is 11.4 Å². The van der Waals surface area contributed by atoms with Gasteiger partial charge in [0, 0.05) is 52.2 Å². The van der Waals surface area contributed by atoms with Crippen LogP contribution in [-0.4, -0.2) is 46.1 Å². The van der Waals surface area contributed by atoms with Crippen LogP contribution >= 0.6 is 11.6 Å². The Morgan fingerprint density at radius 2 is 1.68 bits per heavy atom. The van der Waals surface area contributed by atoms with Crippen molar-refractivity contribution in [3.8, 4) is 5.75 Å². The fraction of sp³-hybridized carbons (Fsp3) is 0.516. The van der Waals surface area contributed by atoms with Crippen molar-refractivity contribution in [2.24, 2.45) is 0 Å². The Labute approximate surface area is 229 Å². The van der Waals surface area contributed by atoms with Crippen LogP contribution in [0, 0.1) is 0 Å². The van der Waals surface area contributed by atoms with Crippen molar-refractivity contribution in [2.75, 3.05) is 31.5 Å². The minimum absolute atomic E-state index is 0.434. The highest BCUT2D eigenvalue weighted by Crippen LogP contribution is 2.33. The van der Waals surface area contributed by atoms with Gasteiger partial charge in [0.2, 0.25) is 0 Å². The van der Waals surface area contributed by atoms with E-state index < -0.39 is 0 Å². The zero-order chi connectivity index (χ0) is 27.2. The molecule has 0 aliphatic carbocycles. The fourth-order valence-electron chi connectivity index (χ4n) is 4.55. The molecule has 0 spiro atoms. The Bertz CT molecular complexity index is 1080. The summed E-state index contributed by atoms with van der Waals surface area (Å²) in [6.07, 6.45) is 6.61. The summed E-state index contributed by atoms with van der Waals surface area (Å²) >= 11 is 6.16. The molecule has 0 radical (unpaired) electrons. The molecule has 1 aliphatic heterocycles. The van der Waals surface area contributed by atoms with Gasteiger partial charge in [0.15, 0.2) is 0 Å². The maximum atomic E-state index is 11.1. The number of phenolic OH excluding ortho intramolecular Hbond substituents is 1. The minimum Gasteiger partial charge on any atom is -0.507 e. The van der Waals surface area contributed by atoms with Gasteiger partial charge in [0.25, 0.3) is 0 Å². The van der Waals surface area contributed by atoms with Crippen molar-refractivity contribution in [3.63, 3.8) is 0 Å². The van der Waals surface area contributed by atoms with E-state index in [0.717, 1.165) is 79.1 Å². The predicted octanol–water partition coefficient (Wildman–Crippen LogP) is 8.61. The second-order valence-corrected chi connectivity index (χ2v) is 9.78. The SMILES string of the molecule is CC.CCC.CCCN(CC)Cc1cc(Nc2ccnc3cc(Cl)ccc23)cc(CN2CCCC2)c1O. The van der Waals surface area contributed by atoms with Gasteiger partial charge in [-0.05, 0) is 81.8 Å². The number of halogens is 1. The normalized spacial score (nSPS) is 13.2. The summed E-state index contributed by atoms with van der Waals surface area (Å²) in [5.74, 6) is 0.434. The van der Waals surface area contributed by atoms with Gasteiger partial charge in [-0.2, -0.15) is 0 Å². The standard InChI is InChI=1S/C26H33ClN4O.C3H8.C2H6/c1-3-11-30(4-2)17-19-14-22(15-20(26(19)32)18-31-12-5-6-13-31)29-24-9-10-28-25-16-21(27)7-8-23(24)25;1-3-2;1-2/h7-10,14-16,32H,3-6,11-13,17-18H2,1-2H3,(H,28,29);3H2,1-2H3;1-2H3. The molecule has 2 N–H and O–H groups in total. The monoisotopic (exact) mass is 526 g/mol. The van der Waals surface area contributed by atoms with Crippen LogP contribution in [-0.2, 0) is 13.1 Å². The highest BCUT2D eigenvalue weighted by molar-refractivity contribution is 6.31. The third-order valence-electron chi connectivity index (χ3n) is 6.23. The van der Waals surface area contributed by atoms with Gasteiger partial charge >= 0.3 is 0 Å². The average molecular weight is 527 g/mol. The van der Waals surface area contributed by atoms with Crippen LogP contribution in [0.3, 0.4) is 0 Å². The van der Waals surface area contributed by atoms with Crippen molar-refractivity contribution in [3.05, 3.63) is 58.7 Å². The average Bonchev–Trinajstić information content (AvgIpc) is 3.41. The molecule has 2 heterocycles. The number of phenols is 1. The Morgan fingerprint density at radius 3 is 2.32 bits per heavy atom. The third kappa shape index (κ3) is 9.17. The topological polar surface area (TPSA) is 51.6 Å². The molecule has 3 aromatic rings. The Hall–Kier alpha value is -2.34. The lowest BCUT2D eigenvalue weighted by atomic mass is 10.0. The number of nitrogens with one attached hydrogen (secondary N) is 1. The van der Waals surface area contributed by atoms with Crippen molar-refractivity contribution in [1.82, 2.24) is 14.8 Å². The van der Waals surface area contributed by atoms with Crippen molar-refractivity contribution < 1.29 is 5.11 Å². The molecule has 1 saturated heterocycles. The first-order valence-electron chi connectivity index (χ1n) is 14.1. The largest absolute Gasteiger partial charge is 0.507 e. The van der Waals surface area contributed by atoms with E-state index in [4.69, 9.17) is 11.6 Å². The highest BCUT2D eigenvalue weighted by Gasteiger charge is 2.18. The molecule has 1 aromatic heterocycles. The molecule has 1 fully saturated rings. The summed E-state index contributed by atoms with van der Waals surface area (Å²) < 4.78 is 0. The second kappa shape index (κ2) is 16.5. The van der Waals surface area contributed by atoms with Crippen LogP contribution in [0.5, 0.6) is 5.75 Å². The summed E-state index contributed by atoms with van der Waals surface area (Å²) in [6.45, 7) is 18.3. The Kier molecular flexibility index (Phi) is 13.8. The second-order valence-electron chi connectivity index (χ2n) is 9.35. The van der Waals surface area contributed by atoms with Crippen molar-refractivity contribution >= 4 is 33.9 Å². The molecule has 0 bridgehead atoms. The van der Waals surface area contributed by atoms with Gasteiger partial charge in [-0.15, -0.1) is 0 Å². The number of nitrogens with zero attached hydrogens (tertiary/aromatic N) is 3. The van der Waals surface area contributed by atoms with E-state index in [0.29, 0.717) is 10.8 Å². The molecule has 0 unspecified atom stereocenters. The Balaban J connectivity index is 0.000000898. The van der Waals surface area contributed by atoms with Crippen molar-refractivity contribution in [2.45, 2.75) is 80.3 Å². The number of pyridine rings is 1. The molecular weight excluding hydrogens is 480 g/mol. The summed E-state index contributed by atoms with van der Waals surface area (Å²) in [7, 11) is 0. The maximum Gasteiger partial charge on any atom is 0.124 e. The Morgan fingerprint density at radius 1 is 1.00 bits per heavy atom. The van der Waals surface area contributed by atoms with E-state index in [1.165, 1.54) is 19.3 Å². The number of hydrogen-bond acceptors (Lipinski definition) is 5. The molecule has 0 atom stereocenters. The van der Waals surface area contributed by atoms with Crippen LogP contribution < -0.4 is 5.32 Å². The zero-order valence-electron chi connectivity index (χ0n) is 23.8. The number of likely N-dealkylation sites (tertiary alicyclic amines) is 1. The van der Waals surface area contributed by atoms with Crippen molar-refractivity contribution in [1.29, 1.82) is 0 Å². The van der Waals surface area contributed by atoms with Gasteiger partial charge in [-0.3, -0.25) is 14.8 Å². The first-order valence-corrected chi connectivity index (χ1v) is 14.5. The van der Waals surface area contributed by atoms with Crippen LogP contribution in [0.2, 0.25) is 5.02 Å². The molecule has 5 nitrogen and oxygen atoms in total. The van der Waals surface area contributed by atoms with E-state index in [-0.39, 0.29) is 0 Å². The van der Waals surface area contributed by atoms with Gasteiger partial charge in [-0.25, -0.2) is 0 Å². The molecule has 37 heavy (non-hydrogen) atoms. The summed E-state index contributed by atoms with van der Waals surface area (Å²) in [6, 6.07) is 11.9. The first kappa shape index (κ1) is 30.9. The number of hydrogen-bond donors (Lipinski definition) is 2. The van der Waals surface area contributed by atoms with E-state index >= 15 is 0 Å². The lowest BCUT2D eigenvalue weighted by Crippen LogP contribution is -2.24. The van der Waals surface area contributed by atoms with Crippen LogP contribution in [0.25, 0.3) is 10.9 Å². The smallest absolute Gasteiger partial charge is 0.124 e. The summed E-state index contributed by atoms with van der Waals surface area (Å²) in [5.41, 5.74) is 4.79. The number of rotatable bonds is 9. The number of anilines is 2. The molecular formula is C31H47ClN4O. The number of aromatic hydroxyl groups is 1. The molecule has 0 amide bonds. The quantitative estimate of drug-likeness (QED) is 0.273. The molecule has 1 aliphatic rings. The highest BCUT2D eigenvalue weighted by atomic mass is 35.5. The van der Waals surface area contributed by atoms with Gasteiger partial charge < -0.3 is 10.4 Å². The van der Waals surface area contributed by atoms with E-state index in [9.17, 15) is 5.11 Å². The minimum atomic E-state index is 0.434. The lowest BCUT2D eigenvalue weighted by molar-refractivity contribution is 0.274. The van der Waals surface area contributed by atoms with Crippen LogP contribution in [0.15, 0.2) is 42.6 Å². The van der Waals surface area contributed by atoms with E-state index in [1.54, 1.807) is 6.20 Å². The molecule has 2 aromatic carbocycles. The lowest BCUT2D eigenvalue weighted by Gasteiger charge is -2.23. The molecule has 6 heteroatoms. The third-order valence-corrected chi connectivity index (χ3v) is 6.46. The zero-order valence-corrected chi connectivity index (χ0v) is 24.5. The van der Waals surface area contributed by atoms with Gasteiger partial charge in [0.1, 0.15) is 5.75 Å². The predicted molar refractivity (Wildman–Crippen MR) is 161 cm³/mol.